The zero-order valence-electron chi connectivity index (χ0n) is 14.1. The molecule has 4 nitrogen and oxygen atoms in total. The van der Waals surface area contributed by atoms with Crippen LogP contribution in [-0.2, 0) is 16.0 Å². The van der Waals surface area contributed by atoms with Crippen LogP contribution in [0.5, 0.6) is 0 Å². The van der Waals surface area contributed by atoms with Crippen LogP contribution in [-0.4, -0.2) is 18.4 Å². The van der Waals surface area contributed by atoms with Crippen LogP contribution in [0.25, 0.3) is 0 Å². The molecule has 0 radical (unpaired) electrons. The van der Waals surface area contributed by atoms with Gasteiger partial charge in [0.25, 0.3) is 0 Å². The van der Waals surface area contributed by atoms with Crippen LogP contribution in [0.15, 0.2) is 48.5 Å². The van der Waals surface area contributed by atoms with Crippen molar-refractivity contribution in [2.45, 2.75) is 20.3 Å². The number of benzene rings is 2. The fourth-order valence-electron chi connectivity index (χ4n) is 2.18. The summed E-state index contributed by atoms with van der Waals surface area (Å²) in [5.74, 6) is -0.830. The van der Waals surface area contributed by atoms with E-state index in [1.54, 1.807) is 32.0 Å². The van der Waals surface area contributed by atoms with Crippen molar-refractivity contribution in [2.75, 3.05) is 11.9 Å². The predicted octanol–water partition coefficient (Wildman–Crippen LogP) is 4.32. The minimum absolute atomic E-state index is 0.306. The van der Waals surface area contributed by atoms with E-state index in [0.717, 1.165) is 5.56 Å². The van der Waals surface area contributed by atoms with Gasteiger partial charge in [0.2, 0.25) is 11.8 Å². The van der Waals surface area contributed by atoms with E-state index in [9.17, 15) is 9.59 Å². The van der Waals surface area contributed by atoms with Gasteiger partial charge >= 0.3 is 0 Å². The van der Waals surface area contributed by atoms with Gasteiger partial charge in [-0.15, -0.1) is 0 Å². The number of halogens is 2. The van der Waals surface area contributed by atoms with E-state index in [-0.39, 0.29) is 5.91 Å². The normalized spacial score (nSPS) is 11.0. The number of para-hydroxylation sites is 1. The van der Waals surface area contributed by atoms with Gasteiger partial charge in [0, 0.05) is 6.54 Å². The molecule has 0 spiro atoms. The van der Waals surface area contributed by atoms with Crippen LogP contribution in [0.4, 0.5) is 5.69 Å². The van der Waals surface area contributed by atoms with Crippen LogP contribution >= 0.6 is 23.2 Å². The minimum atomic E-state index is -1.26. The Bertz CT molecular complexity index is 741. The number of carbonyl (C=O) groups excluding carboxylic acids is 2. The summed E-state index contributed by atoms with van der Waals surface area (Å²) in [4.78, 5) is 24.9. The average molecular weight is 379 g/mol. The van der Waals surface area contributed by atoms with Crippen LogP contribution in [0.1, 0.15) is 19.4 Å². The van der Waals surface area contributed by atoms with Crippen molar-refractivity contribution in [3.05, 3.63) is 64.1 Å². The third-order valence-electron chi connectivity index (χ3n) is 3.88. The molecule has 0 atom stereocenters. The lowest BCUT2D eigenvalue weighted by Gasteiger charge is -2.23. The van der Waals surface area contributed by atoms with Crippen molar-refractivity contribution in [2.24, 2.45) is 5.41 Å². The van der Waals surface area contributed by atoms with E-state index in [4.69, 9.17) is 23.2 Å². The first kappa shape index (κ1) is 19.3. The molecule has 0 saturated heterocycles. The zero-order valence-corrected chi connectivity index (χ0v) is 15.6. The Kier molecular flexibility index (Phi) is 6.45. The summed E-state index contributed by atoms with van der Waals surface area (Å²) in [5, 5.41) is 6.09. The standard InChI is InChI=1S/C19H20Cl2N2O2/c1-19(2,17(24)22-12-11-13-7-4-3-5-8-13)18(25)23-16-14(20)9-6-10-15(16)21/h3-10H,11-12H2,1-2H3,(H,22,24)(H,23,25). The van der Waals surface area contributed by atoms with Gasteiger partial charge in [0.05, 0.1) is 15.7 Å². The Balaban J connectivity index is 1.96. The van der Waals surface area contributed by atoms with Crippen LogP contribution in [0, 0.1) is 5.41 Å². The number of rotatable bonds is 6. The van der Waals surface area contributed by atoms with Crippen LogP contribution in [0.2, 0.25) is 10.0 Å². The third-order valence-corrected chi connectivity index (χ3v) is 4.51. The summed E-state index contributed by atoms with van der Waals surface area (Å²) in [6, 6.07) is 14.7. The number of nitrogens with one attached hydrogen (secondary N) is 2. The van der Waals surface area contributed by atoms with Crippen molar-refractivity contribution in [1.29, 1.82) is 0 Å². The highest BCUT2D eigenvalue weighted by atomic mass is 35.5. The van der Waals surface area contributed by atoms with Crippen molar-refractivity contribution in [3.8, 4) is 0 Å². The van der Waals surface area contributed by atoms with Crippen LogP contribution in [0.3, 0.4) is 0 Å². The summed E-state index contributed by atoms with van der Waals surface area (Å²) in [6.07, 6.45) is 0.695. The largest absolute Gasteiger partial charge is 0.355 e. The number of amides is 2. The highest BCUT2D eigenvalue weighted by Gasteiger charge is 2.36. The van der Waals surface area contributed by atoms with Gasteiger partial charge in [0.1, 0.15) is 5.41 Å². The molecule has 2 rings (SSSR count). The Labute approximate surface area is 157 Å². The molecule has 0 aromatic heterocycles. The maximum absolute atomic E-state index is 12.5. The molecule has 2 aromatic rings. The molecule has 0 unspecified atom stereocenters. The molecule has 2 N–H and O–H groups in total. The van der Waals surface area contributed by atoms with E-state index >= 15 is 0 Å². The molecule has 25 heavy (non-hydrogen) atoms. The second kappa shape index (κ2) is 8.37. The fraction of sp³-hybridized carbons (Fsp3) is 0.263. The highest BCUT2D eigenvalue weighted by Crippen LogP contribution is 2.31. The van der Waals surface area contributed by atoms with Crippen LogP contribution < -0.4 is 10.6 Å². The monoisotopic (exact) mass is 378 g/mol. The lowest BCUT2D eigenvalue weighted by atomic mass is 9.91. The smallest absolute Gasteiger partial charge is 0.239 e. The van der Waals surface area contributed by atoms with Gasteiger partial charge in [-0.3, -0.25) is 9.59 Å². The molecule has 0 aliphatic heterocycles. The third kappa shape index (κ3) is 4.97. The quantitative estimate of drug-likeness (QED) is 0.735. The molecule has 6 heteroatoms. The molecule has 0 saturated carbocycles. The summed E-state index contributed by atoms with van der Waals surface area (Å²) >= 11 is 12.1. The van der Waals surface area contributed by atoms with Gasteiger partial charge in [-0.1, -0.05) is 59.6 Å². The second-order valence-electron chi connectivity index (χ2n) is 6.17. The van der Waals surface area contributed by atoms with E-state index in [0.29, 0.717) is 28.7 Å². The van der Waals surface area contributed by atoms with Gasteiger partial charge in [-0.05, 0) is 38.0 Å². The molecule has 0 aliphatic rings. The summed E-state index contributed by atoms with van der Waals surface area (Å²) in [6.45, 7) is 3.57. The predicted molar refractivity (Wildman–Crippen MR) is 102 cm³/mol. The molecule has 2 amide bonds. The second-order valence-corrected chi connectivity index (χ2v) is 6.98. The van der Waals surface area contributed by atoms with Gasteiger partial charge < -0.3 is 10.6 Å². The first-order chi connectivity index (χ1) is 11.8. The average Bonchev–Trinajstić information content (AvgIpc) is 2.58. The van der Waals surface area contributed by atoms with Gasteiger partial charge in [-0.25, -0.2) is 0 Å². The van der Waals surface area contributed by atoms with Crippen molar-refractivity contribution < 1.29 is 9.59 Å². The Hall–Kier alpha value is -2.04. The zero-order chi connectivity index (χ0) is 18.4. The highest BCUT2D eigenvalue weighted by molar-refractivity contribution is 6.40. The lowest BCUT2D eigenvalue weighted by Crippen LogP contribution is -2.45. The molecule has 0 bridgehead atoms. The van der Waals surface area contributed by atoms with Gasteiger partial charge in [-0.2, -0.15) is 0 Å². The molecule has 0 heterocycles. The Morgan fingerprint density at radius 1 is 0.920 bits per heavy atom. The molecular formula is C19H20Cl2N2O2. The Morgan fingerprint density at radius 2 is 1.52 bits per heavy atom. The maximum Gasteiger partial charge on any atom is 0.239 e. The molecule has 132 valence electrons. The van der Waals surface area contributed by atoms with E-state index in [2.05, 4.69) is 10.6 Å². The molecule has 0 fully saturated rings. The minimum Gasteiger partial charge on any atom is -0.355 e. The van der Waals surface area contributed by atoms with E-state index in [1.165, 1.54) is 0 Å². The summed E-state index contributed by atoms with van der Waals surface area (Å²) < 4.78 is 0. The maximum atomic E-state index is 12.5. The first-order valence-corrected chi connectivity index (χ1v) is 8.65. The van der Waals surface area contributed by atoms with Crippen molar-refractivity contribution in [1.82, 2.24) is 5.32 Å². The number of carbonyl (C=O) groups is 2. The van der Waals surface area contributed by atoms with Gasteiger partial charge in [0.15, 0.2) is 0 Å². The van der Waals surface area contributed by atoms with Crippen molar-refractivity contribution in [3.63, 3.8) is 0 Å². The molecule has 0 aliphatic carbocycles. The van der Waals surface area contributed by atoms with Crippen molar-refractivity contribution >= 4 is 40.7 Å². The number of hydrogen-bond acceptors (Lipinski definition) is 2. The number of anilines is 1. The molecule has 2 aromatic carbocycles. The SMILES string of the molecule is CC(C)(C(=O)NCCc1ccccc1)C(=O)Nc1c(Cl)cccc1Cl. The topological polar surface area (TPSA) is 58.2 Å². The Morgan fingerprint density at radius 3 is 2.12 bits per heavy atom. The van der Waals surface area contributed by atoms with E-state index in [1.807, 2.05) is 30.3 Å². The first-order valence-electron chi connectivity index (χ1n) is 7.90. The summed E-state index contributed by atoms with van der Waals surface area (Å²) in [5.41, 5.74) is 0.160. The lowest BCUT2D eigenvalue weighted by molar-refractivity contribution is -0.138. The van der Waals surface area contributed by atoms with E-state index < -0.39 is 11.3 Å². The number of hydrogen-bond donors (Lipinski definition) is 2. The summed E-state index contributed by atoms with van der Waals surface area (Å²) in [7, 11) is 0. The molecular weight excluding hydrogens is 359 g/mol. The fourth-order valence-corrected chi connectivity index (χ4v) is 2.67.